The molecule has 2 N–H and O–H groups in total. The minimum Gasteiger partial charge on any atom is -0.481 e. The summed E-state index contributed by atoms with van der Waals surface area (Å²) in [5, 5.41) is 15.6. The summed E-state index contributed by atoms with van der Waals surface area (Å²) in [7, 11) is 0. The molecule has 0 spiro atoms. The summed E-state index contributed by atoms with van der Waals surface area (Å²) in [4.78, 5) is 22.6. The van der Waals surface area contributed by atoms with E-state index < -0.39 is 5.97 Å². The second-order valence-corrected chi connectivity index (χ2v) is 5.12. The van der Waals surface area contributed by atoms with Crippen molar-refractivity contribution in [3.8, 4) is 0 Å². The molecule has 2 aromatic rings. The molecule has 7 heteroatoms. The second kappa shape index (κ2) is 7.61. The van der Waals surface area contributed by atoms with Crippen molar-refractivity contribution in [1.82, 2.24) is 9.78 Å². The van der Waals surface area contributed by atoms with Crippen LogP contribution in [0.25, 0.3) is 0 Å². The standard InChI is InChI=1S/C15H16ClN3O3/c16-14-12(17-8-4-7-13(20)21)9-18-19(15(14)22)10-11-5-2-1-3-6-11/h1-3,5-6,9,17H,4,7-8,10H2,(H,20,21). The van der Waals surface area contributed by atoms with Gasteiger partial charge in [0.25, 0.3) is 5.56 Å². The molecule has 0 aliphatic rings. The number of halogens is 1. The maximum atomic E-state index is 12.2. The van der Waals surface area contributed by atoms with Gasteiger partial charge in [-0.25, -0.2) is 4.68 Å². The molecule has 0 atom stereocenters. The molecular weight excluding hydrogens is 306 g/mol. The first-order chi connectivity index (χ1) is 10.6. The lowest BCUT2D eigenvalue weighted by molar-refractivity contribution is -0.137. The highest BCUT2D eigenvalue weighted by molar-refractivity contribution is 6.32. The molecule has 0 saturated carbocycles. The summed E-state index contributed by atoms with van der Waals surface area (Å²) in [6, 6.07) is 9.48. The van der Waals surface area contributed by atoms with Gasteiger partial charge in [0, 0.05) is 13.0 Å². The third-order valence-corrected chi connectivity index (χ3v) is 3.41. The molecule has 1 heterocycles. The Hall–Kier alpha value is -2.34. The number of aliphatic carboxylic acids is 1. The van der Waals surface area contributed by atoms with Crippen LogP contribution >= 0.6 is 11.6 Å². The lowest BCUT2D eigenvalue weighted by atomic mass is 10.2. The summed E-state index contributed by atoms with van der Waals surface area (Å²) < 4.78 is 1.29. The number of nitrogens with one attached hydrogen (secondary N) is 1. The maximum Gasteiger partial charge on any atom is 0.303 e. The van der Waals surface area contributed by atoms with Crippen LogP contribution in [0.15, 0.2) is 41.3 Å². The number of carbonyl (C=O) groups is 1. The SMILES string of the molecule is O=C(O)CCCNc1cnn(Cc2ccccc2)c(=O)c1Cl. The van der Waals surface area contributed by atoms with E-state index in [1.54, 1.807) is 0 Å². The van der Waals surface area contributed by atoms with Crippen LogP contribution in [0.5, 0.6) is 0 Å². The van der Waals surface area contributed by atoms with E-state index in [2.05, 4.69) is 10.4 Å². The number of nitrogens with zero attached hydrogens (tertiary/aromatic N) is 2. The fourth-order valence-electron chi connectivity index (χ4n) is 1.92. The largest absolute Gasteiger partial charge is 0.481 e. The van der Waals surface area contributed by atoms with Gasteiger partial charge < -0.3 is 10.4 Å². The Morgan fingerprint density at radius 1 is 1.32 bits per heavy atom. The van der Waals surface area contributed by atoms with E-state index in [1.807, 2.05) is 30.3 Å². The molecule has 0 radical (unpaired) electrons. The van der Waals surface area contributed by atoms with Gasteiger partial charge in [-0.3, -0.25) is 9.59 Å². The third-order valence-electron chi connectivity index (χ3n) is 3.04. The number of carboxylic acids is 1. The number of hydrogen-bond donors (Lipinski definition) is 2. The number of aromatic nitrogens is 2. The molecule has 0 unspecified atom stereocenters. The van der Waals surface area contributed by atoms with Crippen molar-refractivity contribution in [2.45, 2.75) is 19.4 Å². The lowest BCUT2D eigenvalue weighted by Crippen LogP contribution is -2.25. The van der Waals surface area contributed by atoms with Crippen LogP contribution in [-0.4, -0.2) is 27.4 Å². The van der Waals surface area contributed by atoms with Crippen molar-refractivity contribution in [3.63, 3.8) is 0 Å². The highest BCUT2D eigenvalue weighted by Crippen LogP contribution is 2.15. The van der Waals surface area contributed by atoms with Crippen LogP contribution in [0.3, 0.4) is 0 Å². The van der Waals surface area contributed by atoms with E-state index >= 15 is 0 Å². The minimum atomic E-state index is -0.857. The molecular formula is C15H16ClN3O3. The molecule has 0 aliphatic carbocycles. The highest BCUT2D eigenvalue weighted by Gasteiger charge is 2.09. The molecule has 1 aromatic heterocycles. The summed E-state index contributed by atoms with van der Waals surface area (Å²) in [5.41, 5.74) is 0.991. The van der Waals surface area contributed by atoms with Gasteiger partial charge in [-0.05, 0) is 12.0 Å². The highest BCUT2D eigenvalue weighted by atomic mass is 35.5. The molecule has 116 valence electrons. The van der Waals surface area contributed by atoms with Gasteiger partial charge in [-0.1, -0.05) is 41.9 Å². The second-order valence-electron chi connectivity index (χ2n) is 4.74. The fraction of sp³-hybridized carbons (Fsp3) is 0.267. The van der Waals surface area contributed by atoms with Crippen LogP contribution < -0.4 is 10.9 Å². The molecule has 0 bridgehead atoms. The smallest absolute Gasteiger partial charge is 0.303 e. The quantitative estimate of drug-likeness (QED) is 0.764. The fourth-order valence-corrected chi connectivity index (χ4v) is 2.13. The summed E-state index contributed by atoms with van der Waals surface area (Å²) in [5.74, 6) is -0.857. The Morgan fingerprint density at radius 2 is 2.05 bits per heavy atom. The van der Waals surface area contributed by atoms with Gasteiger partial charge in [-0.2, -0.15) is 5.10 Å². The monoisotopic (exact) mass is 321 g/mol. The Labute approximate surface area is 132 Å². The number of carboxylic acid groups (broad SMARTS) is 1. The molecule has 0 fully saturated rings. The molecule has 0 amide bonds. The van der Waals surface area contributed by atoms with Crippen molar-refractivity contribution < 1.29 is 9.90 Å². The number of benzene rings is 1. The zero-order chi connectivity index (χ0) is 15.9. The predicted molar refractivity (Wildman–Crippen MR) is 84.4 cm³/mol. The third kappa shape index (κ3) is 4.33. The Kier molecular flexibility index (Phi) is 5.55. The summed E-state index contributed by atoms with van der Waals surface area (Å²) >= 11 is 6.05. The van der Waals surface area contributed by atoms with Gasteiger partial charge >= 0.3 is 5.97 Å². The topological polar surface area (TPSA) is 84.2 Å². The van der Waals surface area contributed by atoms with Crippen LogP contribution in [0.2, 0.25) is 5.02 Å². The van der Waals surface area contributed by atoms with Crippen molar-refractivity contribution >= 4 is 23.3 Å². The zero-order valence-electron chi connectivity index (χ0n) is 11.8. The molecule has 1 aromatic carbocycles. The van der Waals surface area contributed by atoms with E-state index in [-0.39, 0.29) is 17.0 Å². The van der Waals surface area contributed by atoms with E-state index in [9.17, 15) is 9.59 Å². The maximum absolute atomic E-state index is 12.2. The lowest BCUT2D eigenvalue weighted by Gasteiger charge is -2.10. The first-order valence-electron chi connectivity index (χ1n) is 6.83. The molecule has 6 nitrogen and oxygen atoms in total. The van der Waals surface area contributed by atoms with Crippen molar-refractivity contribution in [2.24, 2.45) is 0 Å². The van der Waals surface area contributed by atoms with Gasteiger partial charge in [-0.15, -0.1) is 0 Å². The molecule has 0 saturated heterocycles. The van der Waals surface area contributed by atoms with Crippen molar-refractivity contribution in [1.29, 1.82) is 0 Å². The van der Waals surface area contributed by atoms with E-state index in [0.29, 0.717) is 25.2 Å². The average molecular weight is 322 g/mol. The molecule has 0 aliphatic heterocycles. The number of anilines is 1. The molecule has 2 rings (SSSR count). The Morgan fingerprint density at radius 3 is 2.73 bits per heavy atom. The van der Waals surface area contributed by atoms with Crippen LogP contribution in [-0.2, 0) is 11.3 Å². The van der Waals surface area contributed by atoms with Crippen molar-refractivity contribution in [3.05, 3.63) is 57.5 Å². The van der Waals surface area contributed by atoms with Crippen LogP contribution in [0.4, 0.5) is 5.69 Å². The van der Waals surface area contributed by atoms with Gasteiger partial charge in [0.2, 0.25) is 0 Å². The number of hydrogen-bond acceptors (Lipinski definition) is 4. The zero-order valence-corrected chi connectivity index (χ0v) is 12.6. The first kappa shape index (κ1) is 16.0. The normalized spacial score (nSPS) is 10.4. The van der Waals surface area contributed by atoms with Gasteiger partial charge in [0.1, 0.15) is 5.02 Å². The summed E-state index contributed by atoms with van der Waals surface area (Å²) in [6.45, 7) is 0.758. The van der Waals surface area contributed by atoms with E-state index in [0.717, 1.165) is 5.56 Å². The Balaban J connectivity index is 2.05. The van der Waals surface area contributed by atoms with E-state index in [1.165, 1.54) is 10.9 Å². The van der Waals surface area contributed by atoms with Crippen LogP contribution in [0.1, 0.15) is 18.4 Å². The van der Waals surface area contributed by atoms with Crippen LogP contribution in [0, 0.1) is 0 Å². The van der Waals surface area contributed by atoms with Gasteiger partial charge in [0.15, 0.2) is 0 Å². The number of rotatable bonds is 7. The van der Waals surface area contributed by atoms with Crippen molar-refractivity contribution in [2.75, 3.05) is 11.9 Å². The minimum absolute atomic E-state index is 0.0567. The summed E-state index contributed by atoms with van der Waals surface area (Å²) in [6.07, 6.45) is 1.98. The molecule has 22 heavy (non-hydrogen) atoms. The van der Waals surface area contributed by atoms with E-state index in [4.69, 9.17) is 16.7 Å². The Bertz CT molecular complexity index is 701. The average Bonchev–Trinajstić information content (AvgIpc) is 2.51. The first-order valence-corrected chi connectivity index (χ1v) is 7.21. The predicted octanol–water partition coefficient (Wildman–Crippen LogP) is 2.22. The van der Waals surface area contributed by atoms with Gasteiger partial charge in [0.05, 0.1) is 18.4 Å².